The summed E-state index contributed by atoms with van der Waals surface area (Å²) in [5, 5.41) is 2.84. The van der Waals surface area contributed by atoms with Gasteiger partial charge in [-0.25, -0.2) is 9.37 Å². The zero-order valence-electron chi connectivity index (χ0n) is 19.5. The van der Waals surface area contributed by atoms with Crippen molar-refractivity contribution in [3.8, 4) is 0 Å². The molecule has 4 aromatic rings. The number of anilines is 1. The Kier molecular flexibility index (Phi) is 7.26. The second-order valence-electron chi connectivity index (χ2n) is 8.26. The summed E-state index contributed by atoms with van der Waals surface area (Å²) < 4.78 is 13.4. The second-order valence-corrected chi connectivity index (χ2v) is 8.26. The predicted molar refractivity (Wildman–Crippen MR) is 132 cm³/mol. The first-order valence-corrected chi connectivity index (χ1v) is 11.2. The van der Waals surface area contributed by atoms with Crippen LogP contribution in [0.2, 0.25) is 0 Å². The van der Waals surface area contributed by atoms with E-state index in [9.17, 15) is 14.0 Å². The minimum atomic E-state index is -0.975. The Morgan fingerprint density at radius 3 is 2.31 bits per heavy atom. The van der Waals surface area contributed by atoms with Gasteiger partial charge in [-0.3, -0.25) is 14.6 Å². The molecule has 35 heavy (non-hydrogen) atoms. The number of hydrogen-bond acceptors (Lipinski definition) is 4. The van der Waals surface area contributed by atoms with E-state index in [1.165, 1.54) is 47.8 Å². The van der Waals surface area contributed by atoms with Gasteiger partial charge in [0, 0.05) is 24.6 Å². The fourth-order valence-electron chi connectivity index (χ4n) is 3.82. The summed E-state index contributed by atoms with van der Waals surface area (Å²) in [7, 11) is 0. The van der Waals surface area contributed by atoms with Gasteiger partial charge in [0.25, 0.3) is 11.8 Å². The van der Waals surface area contributed by atoms with Crippen molar-refractivity contribution in [2.75, 3.05) is 5.32 Å². The van der Waals surface area contributed by atoms with Crippen molar-refractivity contribution in [1.29, 1.82) is 0 Å². The first kappa shape index (κ1) is 23.8. The Bertz CT molecular complexity index is 1310. The molecule has 1 aromatic heterocycles. The van der Waals surface area contributed by atoms with E-state index >= 15 is 0 Å². The molecule has 0 unspecified atom stereocenters. The molecule has 0 saturated heterocycles. The average molecular weight is 469 g/mol. The highest BCUT2D eigenvalue weighted by atomic mass is 19.1. The van der Waals surface area contributed by atoms with E-state index in [0.717, 1.165) is 16.7 Å². The second kappa shape index (κ2) is 10.7. The van der Waals surface area contributed by atoms with E-state index in [1.807, 2.05) is 62.4 Å². The molecule has 0 bridgehead atoms. The van der Waals surface area contributed by atoms with E-state index < -0.39 is 23.7 Å². The fraction of sp³-hybridized carbons (Fsp3) is 0.143. The first-order chi connectivity index (χ1) is 16.9. The number of aromatic nitrogens is 2. The third kappa shape index (κ3) is 5.76. The van der Waals surface area contributed by atoms with Crippen LogP contribution in [0.5, 0.6) is 0 Å². The molecule has 0 spiro atoms. The lowest BCUT2D eigenvalue weighted by Gasteiger charge is -2.32. The highest BCUT2D eigenvalue weighted by Crippen LogP contribution is 2.29. The van der Waals surface area contributed by atoms with Crippen LogP contribution in [0, 0.1) is 19.7 Å². The predicted octanol–water partition coefficient (Wildman–Crippen LogP) is 5.25. The number of rotatable bonds is 7. The summed E-state index contributed by atoms with van der Waals surface area (Å²) in [5.41, 5.74) is 4.04. The highest BCUT2D eigenvalue weighted by molar-refractivity contribution is 6.01. The maximum absolute atomic E-state index is 13.7. The SMILES string of the molecule is Cc1ccc(CN(C(=O)c2cnccn2)[C@H](C(=O)Nc2ccc(F)cc2)c2ccccc2C)cc1. The number of carbonyl (C=O) groups is 2. The highest BCUT2D eigenvalue weighted by Gasteiger charge is 2.34. The number of hydrogen-bond donors (Lipinski definition) is 1. The van der Waals surface area contributed by atoms with Crippen LogP contribution < -0.4 is 5.32 Å². The van der Waals surface area contributed by atoms with Gasteiger partial charge in [0.1, 0.15) is 17.6 Å². The number of nitrogens with one attached hydrogen (secondary N) is 1. The molecule has 1 atom stereocenters. The molecular formula is C28H25FN4O2. The molecular weight excluding hydrogens is 443 g/mol. The Hall–Kier alpha value is -4.39. The summed E-state index contributed by atoms with van der Waals surface area (Å²) in [6, 6.07) is 19.7. The third-order valence-corrected chi connectivity index (χ3v) is 5.67. The molecule has 6 nitrogen and oxygen atoms in total. The van der Waals surface area contributed by atoms with Gasteiger partial charge >= 0.3 is 0 Å². The van der Waals surface area contributed by atoms with Gasteiger partial charge in [-0.1, -0.05) is 54.1 Å². The van der Waals surface area contributed by atoms with Crippen molar-refractivity contribution in [2.45, 2.75) is 26.4 Å². The molecule has 0 aliphatic carbocycles. The van der Waals surface area contributed by atoms with Crippen molar-refractivity contribution in [2.24, 2.45) is 0 Å². The number of benzene rings is 3. The molecule has 176 valence electrons. The van der Waals surface area contributed by atoms with E-state index in [1.54, 1.807) is 0 Å². The van der Waals surface area contributed by atoms with Crippen LogP contribution in [-0.2, 0) is 11.3 Å². The van der Waals surface area contributed by atoms with Crippen LogP contribution >= 0.6 is 0 Å². The quantitative estimate of drug-likeness (QED) is 0.402. The van der Waals surface area contributed by atoms with E-state index in [4.69, 9.17) is 0 Å². The summed E-state index contributed by atoms with van der Waals surface area (Å²) in [4.78, 5) is 37.2. The summed E-state index contributed by atoms with van der Waals surface area (Å²) in [6.45, 7) is 4.05. The van der Waals surface area contributed by atoms with Crippen molar-refractivity contribution in [1.82, 2.24) is 14.9 Å². The minimum absolute atomic E-state index is 0.132. The van der Waals surface area contributed by atoms with Crippen LogP contribution in [0.3, 0.4) is 0 Å². The van der Waals surface area contributed by atoms with E-state index in [0.29, 0.717) is 11.3 Å². The lowest BCUT2D eigenvalue weighted by Crippen LogP contribution is -2.41. The van der Waals surface area contributed by atoms with Crippen LogP contribution in [0.15, 0.2) is 91.4 Å². The molecule has 3 aromatic carbocycles. The molecule has 0 aliphatic heterocycles. The summed E-state index contributed by atoms with van der Waals surface area (Å²) >= 11 is 0. The molecule has 0 radical (unpaired) electrons. The molecule has 1 N–H and O–H groups in total. The lowest BCUT2D eigenvalue weighted by atomic mass is 9.97. The first-order valence-electron chi connectivity index (χ1n) is 11.2. The summed E-state index contributed by atoms with van der Waals surface area (Å²) in [5.74, 6) is -1.26. The van der Waals surface area contributed by atoms with Crippen molar-refractivity contribution in [3.63, 3.8) is 0 Å². The Balaban J connectivity index is 1.79. The fourth-order valence-corrected chi connectivity index (χ4v) is 3.82. The number of nitrogens with zero attached hydrogens (tertiary/aromatic N) is 3. The van der Waals surface area contributed by atoms with Crippen molar-refractivity contribution < 1.29 is 14.0 Å². The standard InChI is InChI=1S/C28H25FN4O2/c1-19-7-9-21(10-8-19)18-33(28(35)25-17-30-15-16-31-25)26(24-6-4-3-5-20(24)2)27(34)32-23-13-11-22(29)12-14-23/h3-17,26H,18H2,1-2H3,(H,32,34)/t26-/m0/s1. The molecule has 4 rings (SSSR count). The number of carbonyl (C=O) groups excluding carboxylic acids is 2. The largest absolute Gasteiger partial charge is 0.324 e. The Morgan fingerprint density at radius 1 is 0.943 bits per heavy atom. The minimum Gasteiger partial charge on any atom is -0.324 e. The normalized spacial score (nSPS) is 11.5. The molecule has 1 heterocycles. The number of amides is 2. The molecule has 2 amide bonds. The van der Waals surface area contributed by atoms with Crippen LogP contribution in [0.25, 0.3) is 0 Å². The smallest absolute Gasteiger partial charge is 0.275 e. The Morgan fingerprint density at radius 2 is 1.66 bits per heavy atom. The van der Waals surface area contributed by atoms with Crippen LogP contribution in [-0.4, -0.2) is 26.7 Å². The maximum atomic E-state index is 13.7. The van der Waals surface area contributed by atoms with Crippen LogP contribution in [0.1, 0.15) is 38.8 Å². The van der Waals surface area contributed by atoms with Gasteiger partial charge in [-0.15, -0.1) is 0 Å². The third-order valence-electron chi connectivity index (χ3n) is 5.67. The maximum Gasteiger partial charge on any atom is 0.275 e. The van der Waals surface area contributed by atoms with Gasteiger partial charge in [0.05, 0.1) is 6.20 Å². The number of aryl methyl sites for hydroxylation is 2. The van der Waals surface area contributed by atoms with E-state index in [2.05, 4.69) is 15.3 Å². The summed E-state index contributed by atoms with van der Waals surface area (Å²) in [6.07, 6.45) is 4.32. The van der Waals surface area contributed by atoms with E-state index in [-0.39, 0.29) is 12.2 Å². The topological polar surface area (TPSA) is 75.2 Å². The molecule has 0 fully saturated rings. The van der Waals surface area contributed by atoms with Crippen molar-refractivity contribution >= 4 is 17.5 Å². The number of halogens is 1. The van der Waals surface area contributed by atoms with Gasteiger partial charge in [-0.2, -0.15) is 0 Å². The molecule has 7 heteroatoms. The van der Waals surface area contributed by atoms with Crippen LogP contribution in [0.4, 0.5) is 10.1 Å². The van der Waals surface area contributed by atoms with Crippen molar-refractivity contribution in [3.05, 3.63) is 125 Å². The molecule has 0 aliphatic rings. The monoisotopic (exact) mass is 468 g/mol. The zero-order valence-corrected chi connectivity index (χ0v) is 19.5. The lowest BCUT2D eigenvalue weighted by molar-refractivity contribution is -0.121. The zero-order chi connectivity index (χ0) is 24.8. The molecule has 0 saturated carbocycles. The van der Waals surface area contributed by atoms with Gasteiger partial charge in [0.2, 0.25) is 0 Å². The average Bonchev–Trinajstić information content (AvgIpc) is 2.87. The van der Waals surface area contributed by atoms with Gasteiger partial charge in [-0.05, 0) is 54.8 Å². The Labute approximate surface area is 203 Å². The van der Waals surface area contributed by atoms with Gasteiger partial charge in [0.15, 0.2) is 0 Å². The van der Waals surface area contributed by atoms with Gasteiger partial charge < -0.3 is 10.2 Å².